The maximum atomic E-state index is 12.4. The molecule has 0 unspecified atom stereocenters. The predicted octanol–water partition coefficient (Wildman–Crippen LogP) is 7.21. The molecule has 0 aliphatic carbocycles. The van der Waals surface area contributed by atoms with Crippen molar-refractivity contribution >= 4 is 77.5 Å². The first-order valence-electron chi connectivity index (χ1n) is 9.59. The third kappa shape index (κ3) is 5.60. The SMILES string of the molecule is Cc1cccc(COc2c(Br)cc(/C=N/NC(=O)c3cc4cc(Br)ccc4o3)cc2I)c1. The van der Waals surface area contributed by atoms with E-state index in [9.17, 15) is 4.79 Å². The fraction of sp³-hybridized carbons (Fsp3) is 0.0833. The second kappa shape index (κ2) is 10.2. The third-order valence-corrected chi connectivity index (χ3v) is 6.45. The van der Waals surface area contributed by atoms with Gasteiger partial charge in [-0.25, -0.2) is 5.43 Å². The lowest BCUT2D eigenvalue weighted by atomic mass is 10.1. The summed E-state index contributed by atoms with van der Waals surface area (Å²) in [4.78, 5) is 12.4. The lowest BCUT2D eigenvalue weighted by molar-refractivity contribution is 0.0929. The summed E-state index contributed by atoms with van der Waals surface area (Å²) >= 11 is 9.20. The molecule has 0 spiro atoms. The Kier molecular flexibility index (Phi) is 7.32. The molecule has 1 amide bonds. The van der Waals surface area contributed by atoms with Crippen molar-refractivity contribution in [2.75, 3.05) is 0 Å². The van der Waals surface area contributed by atoms with Gasteiger partial charge in [0, 0.05) is 9.86 Å². The zero-order valence-corrected chi connectivity index (χ0v) is 22.2. The summed E-state index contributed by atoms with van der Waals surface area (Å²) in [5.74, 6) is 0.549. The Bertz CT molecular complexity index is 1310. The highest BCUT2D eigenvalue weighted by Gasteiger charge is 2.12. The first-order valence-corrected chi connectivity index (χ1v) is 12.3. The molecule has 0 saturated heterocycles. The number of furan rings is 1. The van der Waals surface area contributed by atoms with Crippen LogP contribution >= 0.6 is 54.5 Å². The van der Waals surface area contributed by atoms with Crippen LogP contribution in [0.3, 0.4) is 0 Å². The van der Waals surface area contributed by atoms with Gasteiger partial charge >= 0.3 is 5.91 Å². The van der Waals surface area contributed by atoms with Gasteiger partial charge in [0.05, 0.1) is 14.3 Å². The van der Waals surface area contributed by atoms with E-state index in [1.807, 2.05) is 42.5 Å². The summed E-state index contributed by atoms with van der Waals surface area (Å²) < 4.78 is 14.3. The minimum atomic E-state index is -0.416. The van der Waals surface area contributed by atoms with E-state index < -0.39 is 5.91 Å². The largest absolute Gasteiger partial charge is 0.487 e. The molecule has 162 valence electrons. The number of hydrogen-bond donors (Lipinski definition) is 1. The molecule has 0 radical (unpaired) electrons. The zero-order valence-electron chi connectivity index (χ0n) is 16.9. The molecular formula is C24H17Br2IN2O3. The van der Waals surface area contributed by atoms with Gasteiger partial charge in [-0.1, -0.05) is 45.8 Å². The molecule has 0 atom stereocenters. The lowest BCUT2D eigenvalue weighted by Gasteiger charge is -2.11. The maximum absolute atomic E-state index is 12.4. The predicted molar refractivity (Wildman–Crippen MR) is 141 cm³/mol. The molecule has 5 nitrogen and oxygen atoms in total. The van der Waals surface area contributed by atoms with E-state index in [0.717, 1.165) is 34.8 Å². The summed E-state index contributed by atoms with van der Waals surface area (Å²) in [5.41, 5.74) is 6.27. The van der Waals surface area contributed by atoms with Crippen molar-refractivity contribution in [3.63, 3.8) is 0 Å². The van der Waals surface area contributed by atoms with Crippen LogP contribution in [-0.4, -0.2) is 12.1 Å². The number of nitrogens with zero attached hydrogens (tertiary/aromatic N) is 1. The summed E-state index contributed by atoms with van der Waals surface area (Å²) in [7, 11) is 0. The van der Waals surface area contributed by atoms with Crippen LogP contribution in [0.2, 0.25) is 0 Å². The van der Waals surface area contributed by atoms with E-state index in [1.165, 1.54) is 5.56 Å². The van der Waals surface area contributed by atoms with Gasteiger partial charge in [0.15, 0.2) is 5.76 Å². The van der Waals surface area contributed by atoms with Gasteiger partial charge < -0.3 is 9.15 Å². The number of ether oxygens (including phenoxy) is 1. The van der Waals surface area contributed by atoms with Gasteiger partial charge in [-0.3, -0.25) is 4.79 Å². The smallest absolute Gasteiger partial charge is 0.307 e. The number of aryl methyl sites for hydroxylation is 1. The highest BCUT2D eigenvalue weighted by atomic mass is 127. The molecule has 0 aliphatic rings. The van der Waals surface area contributed by atoms with Gasteiger partial charge in [-0.2, -0.15) is 5.10 Å². The number of carbonyl (C=O) groups excluding carboxylic acids is 1. The van der Waals surface area contributed by atoms with Crippen molar-refractivity contribution in [3.05, 3.63) is 95.6 Å². The number of carbonyl (C=O) groups is 1. The molecule has 1 aromatic heterocycles. The number of halogens is 3. The van der Waals surface area contributed by atoms with E-state index in [2.05, 4.69) is 84.0 Å². The molecule has 4 rings (SSSR count). The summed E-state index contributed by atoms with van der Waals surface area (Å²) in [6.45, 7) is 2.54. The molecule has 8 heteroatoms. The van der Waals surface area contributed by atoms with Crippen LogP contribution in [0.15, 0.2) is 79.1 Å². The van der Waals surface area contributed by atoms with Crippen LogP contribution in [0.4, 0.5) is 0 Å². The fourth-order valence-electron chi connectivity index (χ4n) is 3.10. The summed E-state index contributed by atoms with van der Waals surface area (Å²) in [6.07, 6.45) is 1.58. The molecule has 0 saturated carbocycles. The monoisotopic (exact) mass is 666 g/mol. The second-order valence-electron chi connectivity index (χ2n) is 7.08. The minimum Gasteiger partial charge on any atom is -0.487 e. The molecule has 1 N–H and O–H groups in total. The molecule has 1 heterocycles. The average Bonchev–Trinajstić information content (AvgIpc) is 3.16. The van der Waals surface area contributed by atoms with Crippen LogP contribution in [0.1, 0.15) is 27.2 Å². The van der Waals surface area contributed by atoms with Crippen molar-refractivity contribution in [3.8, 4) is 5.75 Å². The van der Waals surface area contributed by atoms with Crippen molar-refractivity contribution in [2.24, 2.45) is 5.10 Å². The Hall–Kier alpha value is -2.17. The Morgan fingerprint density at radius 2 is 2.00 bits per heavy atom. The molecule has 0 aliphatic heterocycles. The lowest BCUT2D eigenvalue weighted by Crippen LogP contribution is -2.16. The first-order chi connectivity index (χ1) is 15.4. The molecule has 4 aromatic rings. The second-order valence-corrected chi connectivity index (χ2v) is 10.0. The minimum absolute atomic E-state index is 0.200. The molecular weight excluding hydrogens is 651 g/mol. The van der Waals surface area contributed by atoms with Crippen molar-refractivity contribution in [1.29, 1.82) is 0 Å². The number of fused-ring (bicyclic) bond motifs is 1. The number of nitrogens with one attached hydrogen (secondary N) is 1. The molecule has 3 aromatic carbocycles. The normalized spacial score (nSPS) is 11.2. The Morgan fingerprint density at radius 1 is 1.16 bits per heavy atom. The van der Waals surface area contributed by atoms with E-state index in [-0.39, 0.29) is 5.76 Å². The van der Waals surface area contributed by atoms with Gasteiger partial charge in [0.25, 0.3) is 0 Å². The number of hydrogen-bond acceptors (Lipinski definition) is 4. The molecule has 0 fully saturated rings. The number of amides is 1. The van der Waals surface area contributed by atoms with Crippen molar-refractivity contribution < 1.29 is 13.9 Å². The van der Waals surface area contributed by atoms with E-state index >= 15 is 0 Å². The number of rotatable bonds is 6. The summed E-state index contributed by atoms with van der Waals surface area (Å²) in [5, 5.41) is 4.90. The molecule has 0 bridgehead atoms. The van der Waals surface area contributed by atoms with E-state index in [0.29, 0.717) is 12.2 Å². The Balaban J connectivity index is 1.41. The van der Waals surface area contributed by atoms with E-state index in [1.54, 1.807) is 12.3 Å². The van der Waals surface area contributed by atoms with Crippen molar-refractivity contribution in [1.82, 2.24) is 5.43 Å². The average molecular weight is 668 g/mol. The van der Waals surface area contributed by atoms with Crippen LogP contribution in [0.5, 0.6) is 5.75 Å². The highest BCUT2D eigenvalue weighted by Crippen LogP contribution is 2.32. The summed E-state index contributed by atoms with van der Waals surface area (Å²) in [6, 6.07) is 19.3. The standard InChI is InChI=1S/C24H17Br2IN2O3/c1-14-3-2-4-15(7-14)13-31-23-19(26)8-16(9-20(23)27)12-28-29-24(30)22-11-17-10-18(25)5-6-21(17)32-22/h2-12H,13H2,1H3,(H,29,30)/b28-12+. The van der Waals surface area contributed by atoms with Crippen molar-refractivity contribution in [2.45, 2.75) is 13.5 Å². The van der Waals surface area contributed by atoms with E-state index in [4.69, 9.17) is 9.15 Å². The quantitative estimate of drug-likeness (QED) is 0.134. The van der Waals surface area contributed by atoms with Crippen LogP contribution in [0, 0.1) is 10.5 Å². The fourth-order valence-corrected chi connectivity index (χ4v) is 5.24. The number of hydrazone groups is 1. The third-order valence-electron chi connectivity index (χ3n) is 4.57. The zero-order chi connectivity index (χ0) is 22.7. The van der Waals surface area contributed by atoms with Gasteiger partial charge in [0.2, 0.25) is 0 Å². The number of benzene rings is 3. The van der Waals surface area contributed by atoms with Gasteiger partial charge in [-0.05, 0) is 93.0 Å². The van der Waals surface area contributed by atoms with Crippen LogP contribution in [-0.2, 0) is 6.61 Å². The first kappa shape index (κ1) is 23.0. The topological polar surface area (TPSA) is 63.8 Å². The van der Waals surface area contributed by atoms with Crippen LogP contribution < -0.4 is 10.2 Å². The Morgan fingerprint density at radius 3 is 2.78 bits per heavy atom. The Labute approximate surface area is 215 Å². The van der Waals surface area contributed by atoms with Gasteiger partial charge in [-0.15, -0.1) is 0 Å². The highest BCUT2D eigenvalue weighted by molar-refractivity contribution is 14.1. The maximum Gasteiger partial charge on any atom is 0.307 e. The van der Waals surface area contributed by atoms with Crippen LogP contribution in [0.25, 0.3) is 11.0 Å². The van der Waals surface area contributed by atoms with Gasteiger partial charge in [0.1, 0.15) is 17.9 Å². The molecule has 32 heavy (non-hydrogen) atoms.